The normalized spacial score (nSPS) is 18.1. The third-order valence-electron chi connectivity index (χ3n) is 9.94. The van der Waals surface area contributed by atoms with Gasteiger partial charge in [0.2, 0.25) is 5.91 Å². The van der Waals surface area contributed by atoms with E-state index < -0.39 is 0 Å². The van der Waals surface area contributed by atoms with Gasteiger partial charge in [0.25, 0.3) is 0 Å². The second-order valence-corrected chi connectivity index (χ2v) is 12.9. The number of amides is 1. The largest absolute Gasteiger partial charge is 0.462 e. The van der Waals surface area contributed by atoms with E-state index in [4.69, 9.17) is 4.74 Å². The molecule has 0 radical (unpaired) electrons. The highest BCUT2D eigenvalue weighted by atomic mass is 16.5. The summed E-state index contributed by atoms with van der Waals surface area (Å²) in [7, 11) is 0. The molecule has 3 aromatic carbocycles. The fraction of sp³-hybridized carbons (Fsp3) is 0.395. The quantitative estimate of drug-likeness (QED) is 0.211. The molecule has 4 aromatic rings. The van der Waals surface area contributed by atoms with Crippen molar-refractivity contribution in [3.63, 3.8) is 0 Å². The molecule has 232 valence electrons. The van der Waals surface area contributed by atoms with Crippen LogP contribution in [0.1, 0.15) is 89.3 Å². The Kier molecular flexibility index (Phi) is 7.94. The van der Waals surface area contributed by atoms with Gasteiger partial charge in [-0.2, -0.15) is 5.10 Å². The summed E-state index contributed by atoms with van der Waals surface area (Å²) in [4.78, 5) is 27.0. The Labute approximate surface area is 265 Å². The van der Waals surface area contributed by atoms with Gasteiger partial charge in [0, 0.05) is 24.7 Å². The predicted octanol–water partition coefficient (Wildman–Crippen LogP) is 7.55. The van der Waals surface area contributed by atoms with E-state index in [-0.39, 0.29) is 12.0 Å². The van der Waals surface area contributed by atoms with E-state index in [1.54, 1.807) is 6.20 Å². The zero-order valence-corrected chi connectivity index (χ0v) is 26.5. The van der Waals surface area contributed by atoms with Crippen LogP contribution in [0.4, 0.5) is 5.69 Å². The number of hydrogen-bond donors (Lipinski definition) is 1. The number of rotatable bonds is 8. The molecule has 1 amide bonds. The minimum Gasteiger partial charge on any atom is -0.462 e. The third-order valence-corrected chi connectivity index (χ3v) is 9.94. The molecule has 2 aliphatic carbocycles. The van der Waals surface area contributed by atoms with Gasteiger partial charge < -0.3 is 15.0 Å². The maximum atomic E-state index is 12.5. The fourth-order valence-corrected chi connectivity index (χ4v) is 7.28. The molecule has 7 nitrogen and oxygen atoms in total. The summed E-state index contributed by atoms with van der Waals surface area (Å²) in [5.74, 6) is 0.859. The first kappa shape index (κ1) is 29.3. The van der Waals surface area contributed by atoms with Crippen molar-refractivity contribution in [2.45, 2.75) is 71.3 Å². The van der Waals surface area contributed by atoms with Crippen LogP contribution in [0.25, 0.3) is 16.8 Å². The van der Waals surface area contributed by atoms with Crippen LogP contribution in [0.2, 0.25) is 0 Å². The first-order chi connectivity index (χ1) is 21.9. The standard InChI is InChI=1S/C38H42N4O3/c1-4-45-38(44)33-23-39-42(25(33)3)31-9-5-8-30(22-31)32-10-6-7-27-13-16-35(36(27)32)40-34-15-14-29(21-24(34)2)26-17-19-41(20-18-26)37(43)28-11-12-28/h5-10,14-15,21-23,26,28,35,40H,4,11-13,16-20H2,1-3H3. The lowest BCUT2D eigenvalue weighted by molar-refractivity contribution is -0.133. The minimum atomic E-state index is -0.346. The molecule has 2 heterocycles. The van der Waals surface area contributed by atoms with Crippen molar-refractivity contribution in [2.24, 2.45) is 5.92 Å². The number of esters is 1. The molecule has 7 heteroatoms. The van der Waals surface area contributed by atoms with Crippen LogP contribution >= 0.6 is 0 Å². The number of aromatic nitrogens is 2. The lowest BCUT2D eigenvalue weighted by Crippen LogP contribution is -2.38. The first-order valence-corrected chi connectivity index (χ1v) is 16.5. The van der Waals surface area contributed by atoms with Crippen molar-refractivity contribution < 1.29 is 14.3 Å². The van der Waals surface area contributed by atoms with Crippen LogP contribution in [0.15, 0.2) is 66.9 Å². The number of hydrogen-bond acceptors (Lipinski definition) is 5. The Bertz CT molecular complexity index is 1750. The van der Waals surface area contributed by atoms with E-state index in [9.17, 15) is 9.59 Å². The van der Waals surface area contributed by atoms with Crippen molar-refractivity contribution in [3.05, 3.63) is 100 Å². The molecular formula is C38H42N4O3. The minimum absolute atomic E-state index is 0.211. The maximum absolute atomic E-state index is 12.5. The van der Waals surface area contributed by atoms with Gasteiger partial charge in [0.1, 0.15) is 5.56 Å². The molecule has 1 aliphatic heterocycles. The van der Waals surface area contributed by atoms with Gasteiger partial charge in [0.15, 0.2) is 0 Å². The Morgan fingerprint density at radius 3 is 2.51 bits per heavy atom. The number of nitrogens with one attached hydrogen (secondary N) is 1. The van der Waals surface area contributed by atoms with Gasteiger partial charge in [-0.25, -0.2) is 9.48 Å². The van der Waals surface area contributed by atoms with E-state index in [0.29, 0.717) is 29.9 Å². The summed E-state index contributed by atoms with van der Waals surface area (Å²) in [5, 5.41) is 8.43. The highest BCUT2D eigenvalue weighted by Gasteiger charge is 2.35. The molecule has 1 saturated heterocycles. The predicted molar refractivity (Wildman–Crippen MR) is 177 cm³/mol. The summed E-state index contributed by atoms with van der Waals surface area (Å²) in [6.45, 7) is 8.02. The van der Waals surface area contributed by atoms with Gasteiger partial charge in [0.05, 0.1) is 30.2 Å². The molecule has 1 N–H and O–H groups in total. The van der Waals surface area contributed by atoms with E-state index in [2.05, 4.69) is 76.8 Å². The van der Waals surface area contributed by atoms with Crippen molar-refractivity contribution in [1.82, 2.24) is 14.7 Å². The van der Waals surface area contributed by atoms with Crippen LogP contribution in [-0.2, 0) is 16.0 Å². The number of ether oxygens (including phenoxy) is 1. The number of anilines is 1. The number of nitrogens with zero attached hydrogens (tertiary/aromatic N) is 3. The summed E-state index contributed by atoms with van der Waals surface area (Å²) < 4.78 is 7.03. The maximum Gasteiger partial charge on any atom is 0.341 e. The molecule has 0 spiro atoms. The monoisotopic (exact) mass is 602 g/mol. The van der Waals surface area contributed by atoms with Gasteiger partial charge in [-0.15, -0.1) is 0 Å². The van der Waals surface area contributed by atoms with Gasteiger partial charge in [-0.05, 0) is 117 Å². The number of benzene rings is 3. The topological polar surface area (TPSA) is 76.5 Å². The molecule has 3 aliphatic rings. The van der Waals surface area contributed by atoms with Crippen molar-refractivity contribution in [1.29, 1.82) is 0 Å². The van der Waals surface area contributed by atoms with E-state index in [1.807, 2.05) is 24.6 Å². The van der Waals surface area contributed by atoms with Gasteiger partial charge in [-0.3, -0.25) is 4.79 Å². The molecule has 1 atom stereocenters. The molecule has 7 rings (SSSR count). The Hall–Kier alpha value is -4.39. The Morgan fingerprint density at radius 1 is 0.956 bits per heavy atom. The number of carbonyl (C=O) groups excluding carboxylic acids is 2. The zero-order chi connectivity index (χ0) is 31.1. The second-order valence-electron chi connectivity index (χ2n) is 12.9. The van der Waals surface area contributed by atoms with E-state index in [1.165, 1.54) is 33.5 Å². The summed E-state index contributed by atoms with van der Waals surface area (Å²) in [6, 6.07) is 22.1. The number of carbonyl (C=O) groups is 2. The smallest absolute Gasteiger partial charge is 0.341 e. The van der Waals surface area contributed by atoms with Gasteiger partial charge >= 0.3 is 5.97 Å². The molecule has 1 aromatic heterocycles. The van der Waals surface area contributed by atoms with Crippen molar-refractivity contribution >= 4 is 17.6 Å². The molecule has 45 heavy (non-hydrogen) atoms. The van der Waals surface area contributed by atoms with Crippen molar-refractivity contribution in [2.75, 3.05) is 25.0 Å². The van der Waals surface area contributed by atoms with Crippen LogP contribution < -0.4 is 5.32 Å². The summed E-state index contributed by atoms with van der Waals surface area (Å²) in [6.07, 6.45) is 7.92. The third kappa shape index (κ3) is 5.76. The van der Waals surface area contributed by atoms with Crippen LogP contribution in [0.3, 0.4) is 0 Å². The van der Waals surface area contributed by atoms with Crippen molar-refractivity contribution in [3.8, 4) is 16.8 Å². The van der Waals surface area contributed by atoms with Crippen LogP contribution in [0, 0.1) is 19.8 Å². The highest BCUT2D eigenvalue weighted by molar-refractivity contribution is 5.90. The number of piperidine rings is 1. The Balaban J connectivity index is 1.10. The molecule has 2 fully saturated rings. The van der Waals surface area contributed by atoms with Gasteiger partial charge in [-0.1, -0.05) is 42.5 Å². The van der Waals surface area contributed by atoms with E-state index in [0.717, 1.165) is 68.6 Å². The molecular weight excluding hydrogens is 560 g/mol. The number of fused-ring (bicyclic) bond motifs is 1. The average Bonchev–Trinajstić information content (AvgIpc) is 3.72. The highest BCUT2D eigenvalue weighted by Crippen LogP contribution is 2.42. The second kappa shape index (κ2) is 12.2. The van der Waals surface area contributed by atoms with Crippen LogP contribution in [-0.4, -0.2) is 46.3 Å². The number of aryl methyl sites for hydroxylation is 2. The fourth-order valence-electron chi connectivity index (χ4n) is 7.28. The van der Waals surface area contributed by atoms with Crippen LogP contribution in [0.5, 0.6) is 0 Å². The number of likely N-dealkylation sites (tertiary alicyclic amines) is 1. The lowest BCUT2D eigenvalue weighted by Gasteiger charge is -2.32. The summed E-state index contributed by atoms with van der Waals surface area (Å²) >= 11 is 0. The molecule has 1 saturated carbocycles. The summed E-state index contributed by atoms with van der Waals surface area (Å²) in [5.41, 5.74) is 11.1. The molecule has 1 unspecified atom stereocenters. The zero-order valence-electron chi connectivity index (χ0n) is 26.5. The lowest BCUT2D eigenvalue weighted by atomic mass is 9.88. The average molecular weight is 603 g/mol. The van der Waals surface area contributed by atoms with E-state index >= 15 is 0 Å². The SMILES string of the molecule is CCOC(=O)c1cnn(-c2cccc(-c3cccc4c3C(Nc3ccc(C5CCN(C(=O)C6CC6)CC5)cc3C)CC4)c2)c1C. The Morgan fingerprint density at radius 2 is 1.76 bits per heavy atom. The molecule has 0 bridgehead atoms. The first-order valence-electron chi connectivity index (χ1n) is 16.5.